The summed E-state index contributed by atoms with van der Waals surface area (Å²) >= 11 is 0. The Morgan fingerprint density at radius 3 is 2.46 bits per heavy atom. The lowest BCUT2D eigenvalue weighted by atomic mass is 9.94. The predicted octanol–water partition coefficient (Wildman–Crippen LogP) is 3.45. The van der Waals surface area contributed by atoms with Crippen LogP contribution in [-0.4, -0.2) is 50.5 Å². The summed E-state index contributed by atoms with van der Waals surface area (Å²) in [5.41, 5.74) is 1.73. The number of rotatable bonds is 9. The summed E-state index contributed by atoms with van der Waals surface area (Å²) in [6.07, 6.45) is 6.86. The molecule has 1 aliphatic carbocycles. The van der Waals surface area contributed by atoms with Crippen LogP contribution < -0.4 is 10.6 Å². The maximum absolute atomic E-state index is 13.5. The molecule has 2 N–H and O–H groups in total. The molecule has 188 valence electrons. The molecule has 4 rings (SSSR count). The Balaban J connectivity index is 1.52. The summed E-state index contributed by atoms with van der Waals surface area (Å²) in [4.78, 5) is 41.5. The summed E-state index contributed by atoms with van der Waals surface area (Å²) < 4.78 is 1.53. The van der Waals surface area contributed by atoms with Gasteiger partial charge in [0, 0.05) is 25.2 Å². The minimum Gasteiger partial charge on any atom is -0.351 e. The van der Waals surface area contributed by atoms with Crippen LogP contribution in [0.25, 0.3) is 0 Å². The third-order valence-corrected chi connectivity index (χ3v) is 7.33. The molecule has 0 saturated heterocycles. The fourth-order valence-corrected chi connectivity index (χ4v) is 5.00. The summed E-state index contributed by atoms with van der Waals surface area (Å²) in [6, 6.07) is 9.82. The monoisotopic (exact) mass is 479 g/mol. The number of carbonyl (C=O) groups excluding carboxylic acids is 3. The van der Waals surface area contributed by atoms with E-state index in [1.807, 2.05) is 19.1 Å². The number of nitrogens with zero attached hydrogens (tertiary/aromatic N) is 3. The van der Waals surface area contributed by atoms with Gasteiger partial charge >= 0.3 is 0 Å². The number of amides is 3. The molecule has 0 radical (unpaired) electrons. The molecule has 2 aliphatic rings. The van der Waals surface area contributed by atoms with Crippen molar-refractivity contribution in [3.63, 3.8) is 0 Å². The van der Waals surface area contributed by atoms with E-state index >= 15 is 0 Å². The van der Waals surface area contributed by atoms with Gasteiger partial charge in [0.05, 0.1) is 6.54 Å². The second-order valence-electron chi connectivity index (χ2n) is 9.96. The van der Waals surface area contributed by atoms with Gasteiger partial charge in [0.15, 0.2) is 5.69 Å². The van der Waals surface area contributed by atoms with Crippen LogP contribution in [0.3, 0.4) is 0 Å². The molecule has 1 atom stereocenters. The second-order valence-corrected chi connectivity index (χ2v) is 9.96. The quantitative estimate of drug-likeness (QED) is 0.576. The van der Waals surface area contributed by atoms with Crippen LogP contribution in [0.2, 0.25) is 0 Å². The van der Waals surface area contributed by atoms with Crippen molar-refractivity contribution >= 4 is 17.7 Å². The van der Waals surface area contributed by atoms with Gasteiger partial charge in [-0.3, -0.25) is 19.1 Å². The van der Waals surface area contributed by atoms with Crippen LogP contribution in [0.15, 0.2) is 30.3 Å². The zero-order chi connectivity index (χ0) is 25.0. The Labute approximate surface area is 207 Å². The first kappa shape index (κ1) is 24.9. The minimum atomic E-state index is -1.05. The molecule has 8 nitrogen and oxygen atoms in total. The molecule has 1 aromatic carbocycles. The highest BCUT2D eigenvalue weighted by Crippen LogP contribution is 2.29. The number of hydrogen-bond acceptors (Lipinski definition) is 4. The SMILES string of the molecule is CCCCN1C(=O)c2cc(C(=O)NCc3ccc(CC)cc3)nn2CC1(C)C(=O)NC1CCCC1. The lowest BCUT2D eigenvalue weighted by Crippen LogP contribution is -2.65. The highest BCUT2D eigenvalue weighted by atomic mass is 16.2. The highest BCUT2D eigenvalue weighted by Gasteiger charge is 2.48. The molecule has 1 fully saturated rings. The number of hydrogen-bond donors (Lipinski definition) is 2. The van der Waals surface area contributed by atoms with E-state index in [4.69, 9.17) is 0 Å². The summed E-state index contributed by atoms with van der Waals surface area (Å²) in [7, 11) is 0. The molecule has 8 heteroatoms. The zero-order valence-electron chi connectivity index (χ0n) is 21.1. The van der Waals surface area contributed by atoms with Crippen LogP contribution >= 0.6 is 0 Å². The molecule has 1 aliphatic heterocycles. The summed E-state index contributed by atoms with van der Waals surface area (Å²) in [6.45, 7) is 7.07. The lowest BCUT2D eigenvalue weighted by Gasteiger charge is -2.43. The Bertz CT molecular complexity index is 1070. The number of benzene rings is 1. The maximum Gasteiger partial charge on any atom is 0.273 e. The van der Waals surface area contributed by atoms with Crippen LogP contribution in [0.1, 0.15) is 91.4 Å². The molecule has 1 aromatic heterocycles. The average Bonchev–Trinajstić information content (AvgIpc) is 3.53. The number of carbonyl (C=O) groups is 3. The van der Waals surface area contributed by atoms with Crippen LogP contribution in [0, 0.1) is 0 Å². The normalized spacial score (nSPS) is 20.1. The average molecular weight is 480 g/mol. The van der Waals surface area contributed by atoms with Gasteiger partial charge in [0.1, 0.15) is 11.2 Å². The zero-order valence-corrected chi connectivity index (χ0v) is 21.1. The van der Waals surface area contributed by atoms with Crippen LogP contribution in [-0.2, 0) is 24.3 Å². The Morgan fingerprint density at radius 1 is 1.11 bits per heavy atom. The van der Waals surface area contributed by atoms with E-state index < -0.39 is 5.54 Å². The number of fused-ring (bicyclic) bond motifs is 1. The van der Waals surface area contributed by atoms with E-state index in [9.17, 15) is 14.4 Å². The maximum atomic E-state index is 13.5. The van der Waals surface area contributed by atoms with Gasteiger partial charge in [-0.05, 0) is 43.7 Å². The fourth-order valence-electron chi connectivity index (χ4n) is 5.00. The molecule has 0 spiro atoms. The van der Waals surface area contributed by atoms with E-state index in [1.54, 1.807) is 11.0 Å². The Morgan fingerprint density at radius 2 is 1.80 bits per heavy atom. The molecule has 1 saturated carbocycles. The third-order valence-electron chi connectivity index (χ3n) is 7.33. The predicted molar refractivity (Wildman–Crippen MR) is 134 cm³/mol. The van der Waals surface area contributed by atoms with Gasteiger partial charge in [-0.2, -0.15) is 5.10 Å². The highest BCUT2D eigenvalue weighted by molar-refractivity contribution is 6.01. The van der Waals surface area contributed by atoms with Crippen molar-refractivity contribution in [3.05, 3.63) is 52.8 Å². The van der Waals surface area contributed by atoms with Gasteiger partial charge in [-0.1, -0.05) is 57.4 Å². The van der Waals surface area contributed by atoms with Crippen LogP contribution in [0.5, 0.6) is 0 Å². The largest absolute Gasteiger partial charge is 0.351 e. The van der Waals surface area contributed by atoms with Crippen molar-refractivity contribution < 1.29 is 14.4 Å². The number of aryl methyl sites for hydroxylation is 1. The standard InChI is InChI=1S/C27H37N5O3/c1-4-6-15-31-25(34)23-16-22(24(33)28-17-20-13-11-19(5-2)12-14-20)30-32(23)18-27(31,3)26(35)29-21-9-7-8-10-21/h11-14,16,21H,4-10,15,17-18H2,1-3H3,(H,28,33)(H,29,35). The molecule has 3 amide bonds. The van der Waals surface area contributed by atoms with E-state index in [1.165, 1.54) is 10.2 Å². The first-order chi connectivity index (χ1) is 16.9. The van der Waals surface area contributed by atoms with Gasteiger partial charge < -0.3 is 15.5 Å². The Kier molecular flexibility index (Phi) is 7.57. The Hall–Kier alpha value is -3.16. The van der Waals surface area contributed by atoms with Gasteiger partial charge in [-0.15, -0.1) is 0 Å². The van der Waals surface area contributed by atoms with E-state index in [0.29, 0.717) is 18.8 Å². The number of unbranched alkanes of at least 4 members (excludes halogenated alkanes) is 1. The van der Waals surface area contributed by atoms with Crippen molar-refractivity contribution in [2.75, 3.05) is 6.54 Å². The summed E-state index contributed by atoms with van der Waals surface area (Å²) in [5, 5.41) is 10.5. The van der Waals surface area contributed by atoms with Gasteiger partial charge in [0.2, 0.25) is 5.91 Å². The number of aromatic nitrogens is 2. The lowest BCUT2D eigenvalue weighted by molar-refractivity contribution is -0.133. The smallest absolute Gasteiger partial charge is 0.273 e. The molecule has 2 aromatic rings. The van der Waals surface area contributed by atoms with Crippen molar-refractivity contribution in [1.29, 1.82) is 0 Å². The number of nitrogens with one attached hydrogen (secondary N) is 2. The molecular weight excluding hydrogens is 442 g/mol. The first-order valence-corrected chi connectivity index (χ1v) is 12.9. The third kappa shape index (κ3) is 5.26. The summed E-state index contributed by atoms with van der Waals surface area (Å²) in [5.74, 6) is -0.733. The van der Waals surface area contributed by atoms with E-state index in [2.05, 4.69) is 41.7 Å². The molecular formula is C27H37N5O3. The molecule has 2 heterocycles. The van der Waals surface area contributed by atoms with Crippen LogP contribution in [0.4, 0.5) is 0 Å². The van der Waals surface area contributed by atoms with Gasteiger partial charge in [-0.25, -0.2) is 0 Å². The van der Waals surface area contributed by atoms with E-state index in [0.717, 1.165) is 50.5 Å². The minimum absolute atomic E-state index is 0.142. The fraction of sp³-hybridized carbons (Fsp3) is 0.556. The topological polar surface area (TPSA) is 96.3 Å². The van der Waals surface area contributed by atoms with Gasteiger partial charge in [0.25, 0.3) is 11.8 Å². The van der Waals surface area contributed by atoms with Crippen molar-refractivity contribution in [2.24, 2.45) is 0 Å². The second kappa shape index (κ2) is 10.6. The molecule has 1 unspecified atom stereocenters. The molecule has 0 bridgehead atoms. The van der Waals surface area contributed by atoms with E-state index in [-0.39, 0.29) is 36.0 Å². The first-order valence-electron chi connectivity index (χ1n) is 12.9. The van der Waals surface area contributed by atoms with Crippen molar-refractivity contribution in [3.8, 4) is 0 Å². The molecule has 35 heavy (non-hydrogen) atoms. The van der Waals surface area contributed by atoms with Crippen molar-refractivity contribution in [2.45, 2.75) is 90.4 Å². The van der Waals surface area contributed by atoms with Crippen molar-refractivity contribution in [1.82, 2.24) is 25.3 Å².